The Labute approximate surface area is 156 Å². The van der Waals surface area contributed by atoms with E-state index < -0.39 is 5.41 Å². The van der Waals surface area contributed by atoms with Crippen LogP contribution in [-0.2, 0) is 10.2 Å². The zero-order valence-electron chi connectivity index (χ0n) is 15.8. The molecule has 1 aromatic carbocycles. The van der Waals surface area contributed by atoms with Gasteiger partial charge in [0, 0.05) is 19.5 Å². The minimum atomic E-state index is -0.474. The molecule has 0 heterocycles. The van der Waals surface area contributed by atoms with Gasteiger partial charge in [-0.2, -0.15) is 0 Å². The van der Waals surface area contributed by atoms with E-state index in [1.165, 1.54) is 6.42 Å². The van der Waals surface area contributed by atoms with Crippen LogP contribution >= 0.6 is 11.6 Å². The summed E-state index contributed by atoms with van der Waals surface area (Å²) in [6, 6.07) is 5.89. The van der Waals surface area contributed by atoms with Crippen LogP contribution in [0.3, 0.4) is 0 Å². The van der Waals surface area contributed by atoms with Gasteiger partial charge in [-0.3, -0.25) is 4.79 Å². The zero-order chi connectivity index (χ0) is 18.4. The third kappa shape index (κ3) is 4.22. The molecule has 0 radical (unpaired) electrons. The highest BCUT2D eigenvalue weighted by Gasteiger charge is 2.43. The number of alkyl halides is 1. The summed E-state index contributed by atoms with van der Waals surface area (Å²) >= 11 is 5.94. The standard InChI is InChI=1S/C20H30ClNO3/c1-15(13-21)14-22(2)19(23)20(10-6-5-7-11-20)16-8-9-17(24-3)18(12-16)25-4/h8-9,12,15H,5-7,10-11,13-14H2,1-4H3. The van der Waals surface area contributed by atoms with Crippen LogP contribution < -0.4 is 9.47 Å². The second kappa shape index (κ2) is 8.79. The second-order valence-corrected chi connectivity index (χ2v) is 7.47. The highest BCUT2D eigenvalue weighted by atomic mass is 35.5. The van der Waals surface area contributed by atoms with E-state index in [-0.39, 0.29) is 11.8 Å². The smallest absolute Gasteiger partial charge is 0.232 e. The minimum Gasteiger partial charge on any atom is -0.493 e. The second-order valence-electron chi connectivity index (χ2n) is 7.16. The highest BCUT2D eigenvalue weighted by Crippen LogP contribution is 2.43. The molecular weight excluding hydrogens is 338 g/mol. The Bertz CT molecular complexity index is 584. The molecule has 1 amide bonds. The lowest BCUT2D eigenvalue weighted by Crippen LogP contribution is -2.47. The molecule has 0 aliphatic heterocycles. The van der Waals surface area contributed by atoms with Crippen LogP contribution in [0.25, 0.3) is 0 Å². The molecule has 140 valence electrons. The number of carbonyl (C=O) groups excluding carboxylic acids is 1. The zero-order valence-corrected chi connectivity index (χ0v) is 16.6. The number of halogens is 1. The van der Waals surface area contributed by atoms with E-state index in [4.69, 9.17) is 21.1 Å². The van der Waals surface area contributed by atoms with Gasteiger partial charge in [-0.15, -0.1) is 11.6 Å². The molecule has 1 aliphatic carbocycles. The predicted molar refractivity (Wildman–Crippen MR) is 102 cm³/mol. The fourth-order valence-corrected chi connectivity index (χ4v) is 3.98. The number of hydrogen-bond acceptors (Lipinski definition) is 3. The lowest BCUT2D eigenvalue weighted by atomic mass is 9.68. The molecule has 1 fully saturated rings. The van der Waals surface area contributed by atoms with E-state index in [1.54, 1.807) is 14.2 Å². The number of methoxy groups -OCH3 is 2. The molecule has 2 rings (SSSR count). The quantitative estimate of drug-likeness (QED) is 0.676. The third-order valence-electron chi connectivity index (χ3n) is 5.25. The van der Waals surface area contributed by atoms with E-state index in [0.717, 1.165) is 31.2 Å². The van der Waals surface area contributed by atoms with Gasteiger partial charge in [0.05, 0.1) is 19.6 Å². The van der Waals surface area contributed by atoms with Gasteiger partial charge >= 0.3 is 0 Å². The Morgan fingerprint density at radius 3 is 2.40 bits per heavy atom. The molecule has 1 atom stereocenters. The van der Waals surface area contributed by atoms with E-state index >= 15 is 0 Å². The monoisotopic (exact) mass is 367 g/mol. The van der Waals surface area contributed by atoms with Crippen molar-refractivity contribution in [2.45, 2.75) is 44.4 Å². The van der Waals surface area contributed by atoms with Crippen molar-refractivity contribution < 1.29 is 14.3 Å². The van der Waals surface area contributed by atoms with Crippen LogP contribution in [0.15, 0.2) is 18.2 Å². The first kappa shape index (κ1) is 19.9. The van der Waals surface area contributed by atoms with Crippen molar-refractivity contribution in [3.8, 4) is 11.5 Å². The molecule has 0 aromatic heterocycles. The molecule has 1 saturated carbocycles. The molecule has 4 nitrogen and oxygen atoms in total. The Morgan fingerprint density at radius 1 is 1.20 bits per heavy atom. The summed E-state index contributed by atoms with van der Waals surface area (Å²) in [5.41, 5.74) is 0.554. The minimum absolute atomic E-state index is 0.191. The normalized spacial score (nSPS) is 17.6. The molecule has 5 heteroatoms. The van der Waals surface area contributed by atoms with Gasteiger partial charge in [0.2, 0.25) is 5.91 Å². The predicted octanol–water partition coefficient (Wildman–Crippen LogP) is 4.24. The first-order valence-corrected chi connectivity index (χ1v) is 9.56. The molecule has 1 aromatic rings. The Balaban J connectivity index is 2.39. The van der Waals surface area contributed by atoms with Gasteiger partial charge in [-0.25, -0.2) is 0 Å². The van der Waals surface area contributed by atoms with Crippen molar-refractivity contribution >= 4 is 17.5 Å². The van der Waals surface area contributed by atoms with E-state index in [1.807, 2.05) is 30.1 Å². The summed E-state index contributed by atoms with van der Waals surface area (Å²) < 4.78 is 10.8. The summed E-state index contributed by atoms with van der Waals surface area (Å²) in [7, 11) is 5.15. The maximum absolute atomic E-state index is 13.4. The summed E-state index contributed by atoms with van der Waals surface area (Å²) in [5, 5.41) is 0. The number of rotatable bonds is 7. The first-order chi connectivity index (χ1) is 12.0. The molecule has 1 aliphatic rings. The fourth-order valence-electron chi connectivity index (χ4n) is 3.88. The van der Waals surface area contributed by atoms with Gasteiger partial charge in [0.25, 0.3) is 0 Å². The fraction of sp³-hybridized carbons (Fsp3) is 0.650. The number of hydrogen-bond donors (Lipinski definition) is 0. The largest absolute Gasteiger partial charge is 0.493 e. The molecule has 0 bridgehead atoms. The molecule has 0 spiro atoms. The number of carbonyl (C=O) groups is 1. The summed E-state index contributed by atoms with van der Waals surface area (Å²) in [4.78, 5) is 15.3. The average molecular weight is 368 g/mol. The summed E-state index contributed by atoms with van der Waals surface area (Å²) in [6.07, 6.45) is 5.07. The Morgan fingerprint density at radius 2 is 1.84 bits per heavy atom. The number of benzene rings is 1. The van der Waals surface area contributed by atoms with Crippen molar-refractivity contribution in [2.75, 3.05) is 33.7 Å². The van der Waals surface area contributed by atoms with Gasteiger partial charge in [0.1, 0.15) is 0 Å². The van der Waals surface area contributed by atoms with Crippen molar-refractivity contribution in [3.05, 3.63) is 23.8 Å². The first-order valence-electron chi connectivity index (χ1n) is 9.02. The van der Waals surface area contributed by atoms with Crippen LogP contribution in [0.4, 0.5) is 0 Å². The maximum Gasteiger partial charge on any atom is 0.232 e. The van der Waals surface area contributed by atoms with Gasteiger partial charge in [-0.05, 0) is 36.5 Å². The summed E-state index contributed by atoms with van der Waals surface area (Å²) in [5.74, 6) is 2.39. The lowest BCUT2D eigenvalue weighted by molar-refractivity contribution is -0.138. The van der Waals surface area contributed by atoms with Crippen molar-refractivity contribution in [3.63, 3.8) is 0 Å². The van der Waals surface area contributed by atoms with Crippen molar-refractivity contribution in [2.24, 2.45) is 5.92 Å². The molecule has 0 N–H and O–H groups in total. The molecule has 1 unspecified atom stereocenters. The maximum atomic E-state index is 13.4. The van der Waals surface area contributed by atoms with Crippen LogP contribution in [0, 0.1) is 5.92 Å². The number of ether oxygens (including phenoxy) is 2. The van der Waals surface area contributed by atoms with Crippen LogP contribution in [-0.4, -0.2) is 44.5 Å². The van der Waals surface area contributed by atoms with Crippen LogP contribution in [0.1, 0.15) is 44.6 Å². The summed E-state index contributed by atoms with van der Waals surface area (Å²) in [6.45, 7) is 2.75. The topological polar surface area (TPSA) is 38.8 Å². The van der Waals surface area contributed by atoms with E-state index in [0.29, 0.717) is 23.9 Å². The van der Waals surface area contributed by atoms with Crippen molar-refractivity contribution in [1.82, 2.24) is 4.90 Å². The number of amides is 1. The number of nitrogens with zero attached hydrogens (tertiary/aromatic N) is 1. The highest BCUT2D eigenvalue weighted by molar-refractivity contribution is 6.18. The lowest BCUT2D eigenvalue weighted by Gasteiger charge is -2.40. The van der Waals surface area contributed by atoms with Crippen LogP contribution in [0.2, 0.25) is 0 Å². The van der Waals surface area contributed by atoms with Gasteiger partial charge < -0.3 is 14.4 Å². The SMILES string of the molecule is COc1ccc(C2(C(=O)N(C)CC(C)CCl)CCCCC2)cc1OC. The van der Waals surface area contributed by atoms with E-state index in [9.17, 15) is 4.79 Å². The van der Waals surface area contributed by atoms with Crippen LogP contribution in [0.5, 0.6) is 11.5 Å². The Kier molecular flexibility index (Phi) is 7.00. The van der Waals surface area contributed by atoms with Gasteiger partial charge in [0.15, 0.2) is 11.5 Å². The molecular formula is C20H30ClNO3. The van der Waals surface area contributed by atoms with E-state index in [2.05, 4.69) is 6.92 Å². The third-order valence-corrected chi connectivity index (χ3v) is 5.78. The number of likely N-dealkylation sites (N-methyl/N-ethyl adjacent to an activating group) is 1. The van der Waals surface area contributed by atoms with Gasteiger partial charge in [-0.1, -0.05) is 32.3 Å². The Hall–Kier alpha value is -1.42. The molecule has 0 saturated heterocycles. The molecule has 25 heavy (non-hydrogen) atoms. The van der Waals surface area contributed by atoms with Crippen molar-refractivity contribution in [1.29, 1.82) is 0 Å². The average Bonchev–Trinajstić information content (AvgIpc) is 2.66.